The van der Waals surface area contributed by atoms with E-state index in [1.807, 2.05) is 57.2 Å². The lowest BCUT2D eigenvalue weighted by Gasteiger charge is -2.32. The summed E-state index contributed by atoms with van der Waals surface area (Å²) < 4.78 is 11.3. The van der Waals surface area contributed by atoms with Gasteiger partial charge in [0.15, 0.2) is 0 Å². The highest BCUT2D eigenvalue weighted by Crippen LogP contribution is 2.40. The maximum atomic E-state index is 13.8. The summed E-state index contributed by atoms with van der Waals surface area (Å²) in [5.41, 5.74) is 3.06. The van der Waals surface area contributed by atoms with Gasteiger partial charge >= 0.3 is 0 Å². The number of piperidine rings is 1. The number of anilines is 1. The first kappa shape index (κ1) is 22.9. The maximum absolute atomic E-state index is 13.8. The Bertz CT molecular complexity index is 1080. The first-order valence-corrected chi connectivity index (χ1v) is 11.6. The lowest BCUT2D eigenvalue weighted by molar-refractivity contribution is -0.120. The number of carbonyl (C=O) groups excluding carboxylic acids is 2. The zero-order valence-electron chi connectivity index (χ0n) is 20.1. The molecule has 0 spiro atoms. The van der Waals surface area contributed by atoms with E-state index in [2.05, 4.69) is 11.8 Å². The molecule has 2 heterocycles. The number of likely N-dealkylation sites (tertiary alicyclic amines) is 1. The number of hydrogen-bond donors (Lipinski definition) is 0. The Labute approximate surface area is 195 Å². The molecule has 2 aliphatic heterocycles. The molecule has 0 aromatic heterocycles. The molecule has 1 fully saturated rings. The minimum Gasteiger partial charge on any atom is -0.495 e. The highest BCUT2D eigenvalue weighted by atomic mass is 16.5. The summed E-state index contributed by atoms with van der Waals surface area (Å²) in [4.78, 5) is 31.0. The van der Waals surface area contributed by atoms with Gasteiger partial charge < -0.3 is 14.4 Å². The average molecular weight is 449 g/mol. The molecule has 4 rings (SSSR count). The van der Waals surface area contributed by atoms with Gasteiger partial charge in [0.1, 0.15) is 17.2 Å². The van der Waals surface area contributed by atoms with E-state index in [1.165, 1.54) is 4.90 Å². The monoisotopic (exact) mass is 448 g/mol. The van der Waals surface area contributed by atoms with Gasteiger partial charge in [0.25, 0.3) is 11.8 Å². The van der Waals surface area contributed by atoms with Crippen LogP contribution in [0, 0.1) is 12.8 Å². The molecule has 2 aromatic carbocycles. The van der Waals surface area contributed by atoms with Crippen molar-refractivity contribution >= 4 is 23.1 Å². The SMILES string of the molecule is COc1ccc(C)cc1N1C(=O)C(c2ccc(OC(C)C)cc2)=C(N2CCC(C)CC2)C1=O. The van der Waals surface area contributed by atoms with Crippen molar-refractivity contribution in [2.24, 2.45) is 5.92 Å². The van der Waals surface area contributed by atoms with Crippen LogP contribution < -0.4 is 14.4 Å². The molecular weight excluding hydrogens is 416 g/mol. The summed E-state index contributed by atoms with van der Waals surface area (Å²) in [7, 11) is 1.55. The lowest BCUT2D eigenvalue weighted by atomic mass is 9.97. The highest BCUT2D eigenvalue weighted by molar-refractivity contribution is 6.45. The maximum Gasteiger partial charge on any atom is 0.282 e. The van der Waals surface area contributed by atoms with E-state index in [0.29, 0.717) is 34.2 Å². The van der Waals surface area contributed by atoms with Crippen molar-refractivity contribution < 1.29 is 19.1 Å². The number of methoxy groups -OCH3 is 1. The minimum atomic E-state index is -0.324. The van der Waals surface area contributed by atoms with E-state index in [4.69, 9.17) is 9.47 Å². The molecule has 1 saturated heterocycles. The third-order valence-corrected chi connectivity index (χ3v) is 6.25. The number of nitrogens with zero attached hydrogens (tertiary/aromatic N) is 2. The van der Waals surface area contributed by atoms with Crippen molar-refractivity contribution in [3.05, 3.63) is 59.3 Å². The zero-order chi connectivity index (χ0) is 23.7. The standard InChI is InChI=1S/C27H32N2O4/c1-17(2)33-21-9-7-20(8-10-21)24-25(28-14-12-18(3)13-15-28)27(31)29(26(24)30)22-16-19(4)6-11-23(22)32-5/h6-11,16-18H,12-15H2,1-5H3. The van der Waals surface area contributed by atoms with Gasteiger partial charge in [-0.25, -0.2) is 4.90 Å². The van der Waals surface area contributed by atoms with Crippen LogP contribution in [0.5, 0.6) is 11.5 Å². The Hall–Kier alpha value is -3.28. The van der Waals surface area contributed by atoms with Crippen LogP contribution in [0.4, 0.5) is 5.69 Å². The topological polar surface area (TPSA) is 59.1 Å². The summed E-state index contributed by atoms with van der Waals surface area (Å²) in [6.45, 7) is 9.61. The zero-order valence-corrected chi connectivity index (χ0v) is 20.1. The molecule has 0 atom stereocenters. The number of benzene rings is 2. The lowest BCUT2D eigenvalue weighted by Crippen LogP contribution is -2.38. The number of carbonyl (C=O) groups is 2. The fourth-order valence-corrected chi connectivity index (χ4v) is 4.47. The van der Waals surface area contributed by atoms with E-state index >= 15 is 0 Å². The van der Waals surface area contributed by atoms with Crippen molar-refractivity contribution in [1.82, 2.24) is 4.90 Å². The Balaban J connectivity index is 1.80. The second-order valence-corrected chi connectivity index (χ2v) is 9.21. The van der Waals surface area contributed by atoms with Gasteiger partial charge in [-0.1, -0.05) is 25.1 Å². The van der Waals surface area contributed by atoms with Crippen LogP contribution in [-0.2, 0) is 9.59 Å². The first-order chi connectivity index (χ1) is 15.8. The largest absolute Gasteiger partial charge is 0.495 e. The summed E-state index contributed by atoms with van der Waals surface area (Å²) in [5.74, 6) is 1.22. The van der Waals surface area contributed by atoms with Crippen LogP contribution in [-0.4, -0.2) is 43.0 Å². The third kappa shape index (κ3) is 4.47. The number of hydrogen-bond acceptors (Lipinski definition) is 5. The van der Waals surface area contributed by atoms with Crippen molar-refractivity contribution in [2.75, 3.05) is 25.1 Å². The Kier molecular flexibility index (Phi) is 6.45. The van der Waals surface area contributed by atoms with Crippen LogP contribution >= 0.6 is 0 Å². The molecule has 0 aliphatic carbocycles. The smallest absolute Gasteiger partial charge is 0.282 e. The average Bonchev–Trinajstić information content (AvgIpc) is 3.04. The summed E-state index contributed by atoms with van der Waals surface area (Å²) in [5, 5.41) is 0. The van der Waals surface area contributed by atoms with E-state index in [0.717, 1.165) is 37.2 Å². The van der Waals surface area contributed by atoms with Crippen molar-refractivity contribution in [2.45, 2.75) is 46.6 Å². The predicted octanol–water partition coefficient (Wildman–Crippen LogP) is 4.81. The van der Waals surface area contributed by atoms with Gasteiger partial charge in [-0.2, -0.15) is 0 Å². The van der Waals surface area contributed by atoms with E-state index < -0.39 is 0 Å². The molecular formula is C27H32N2O4. The molecule has 2 aromatic rings. The van der Waals surface area contributed by atoms with Crippen molar-refractivity contribution in [3.63, 3.8) is 0 Å². The van der Waals surface area contributed by atoms with Gasteiger partial charge in [0.05, 0.1) is 24.5 Å². The minimum absolute atomic E-state index is 0.0555. The van der Waals surface area contributed by atoms with Crippen LogP contribution in [0.2, 0.25) is 0 Å². The Morgan fingerprint density at radius 2 is 1.64 bits per heavy atom. The molecule has 0 unspecified atom stereocenters. The normalized spacial score (nSPS) is 17.4. The van der Waals surface area contributed by atoms with Gasteiger partial charge in [0, 0.05) is 13.1 Å². The second kappa shape index (κ2) is 9.30. The summed E-state index contributed by atoms with van der Waals surface area (Å²) >= 11 is 0. The highest BCUT2D eigenvalue weighted by Gasteiger charge is 2.44. The van der Waals surface area contributed by atoms with E-state index in [9.17, 15) is 9.59 Å². The molecule has 2 aliphatic rings. The van der Waals surface area contributed by atoms with Crippen LogP contribution in [0.1, 0.15) is 44.7 Å². The predicted molar refractivity (Wildman–Crippen MR) is 129 cm³/mol. The molecule has 174 valence electrons. The molecule has 0 radical (unpaired) electrons. The fourth-order valence-electron chi connectivity index (χ4n) is 4.47. The van der Waals surface area contributed by atoms with E-state index in [-0.39, 0.29) is 17.9 Å². The van der Waals surface area contributed by atoms with Crippen LogP contribution in [0.3, 0.4) is 0 Å². The Morgan fingerprint density at radius 3 is 2.24 bits per heavy atom. The van der Waals surface area contributed by atoms with Gasteiger partial charge in [-0.05, 0) is 74.9 Å². The Morgan fingerprint density at radius 1 is 0.970 bits per heavy atom. The molecule has 6 heteroatoms. The number of aryl methyl sites for hydroxylation is 1. The fraction of sp³-hybridized carbons (Fsp3) is 0.407. The number of amides is 2. The second-order valence-electron chi connectivity index (χ2n) is 9.21. The van der Waals surface area contributed by atoms with Crippen LogP contribution in [0.15, 0.2) is 48.2 Å². The third-order valence-electron chi connectivity index (χ3n) is 6.25. The summed E-state index contributed by atoms with van der Waals surface area (Å²) in [6, 6.07) is 13.0. The molecule has 6 nitrogen and oxygen atoms in total. The number of ether oxygens (including phenoxy) is 2. The molecule has 2 amide bonds. The van der Waals surface area contributed by atoms with Crippen molar-refractivity contribution in [3.8, 4) is 11.5 Å². The molecule has 0 saturated carbocycles. The number of imide groups is 1. The molecule has 0 N–H and O–H groups in total. The van der Waals surface area contributed by atoms with Gasteiger partial charge in [-0.3, -0.25) is 9.59 Å². The molecule has 33 heavy (non-hydrogen) atoms. The quantitative estimate of drug-likeness (QED) is 0.594. The molecule has 0 bridgehead atoms. The summed E-state index contributed by atoms with van der Waals surface area (Å²) in [6.07, 6.45) is 2.04. The van der Waals surface area contributed by atoms with Gasteiger partial charge in [-0.15, -0.1) is 0 Å². The number of rotatable bonds is 6. The van der Waals surface area contributed by atoms with E-state index in [1.54, 1.807) is 13.2 Å². The van der Waals surface area contributed by atoms with Gasteiger partial charge in [0.2, 0.25) is 0 Å². The van der Waals surface area contributed by atoms with Crippen LogP contribution in [0.25, 0.3) is 5.57 Å². The first-order valence-electron chi connectivity index (χ1n) is 11.6. The van der Waals surface area contributed by atoms with Crippen molar-refractivity contribution in [1.29, 1.82) is 0 Å².